The van der Waals surface area contributed by atoms with Crippen LogP contribution in [0.15, 0.2) is 12.1 Å². The number of nitrogens with zero attached hydrogens (tertiary/aromatic N) is 1. The van der Waals surface area contributed by atoms with E-state index in [1.165, 1.54) is 0 Å². The second-order valence-corrected chi connectivity index (χ2v) is 11.5. The van der Waals surface area contributed by atoms with Crippen LogP contribution in [0.1, 0.15) is 53.4 Å². The maximum atomic E-state index is 14.8. The average Bonchev–Trinajstić information content (AvgIpc) is 2.69. The van der Waals surface area contributed by atoms with Crippen LogP contribution < -0.4 is 14.9 Å². The van der Waals surface area contributed by atoms with Gasteiger partial charge in [0, 0.05) is 25.7 Å². The molecular weight excluding hydrogens is 424 g/mol. The quantitative estimate of drug-likeness (QED) is 0.648. The highest BCUT2D eigenvalue weighted by Gasteiger charge is 2.28. The van der Waals surface area contributed by atoms with E-state index in [4.69, 9.17) is 4.74 Å². The number of benzene rings is 1. The average molecular weight is 460 g/mol. The van der Waals surface area contributed by atoms with E-state index in [0.717, 1.165) is 25.7 Å². The molecule has 3 rings (SSSR count). The summed E-state index contributed by atoms with van der Waals surface area (Å²) in [5, 5.41) is 2.61. The second kappa shape index (κ2) is 10.0. The fraction of sp³-hybridized carbons (Fsp3) is 0.727. The molecule has 9 heteroatoms. The molecule has 1 aromatic carbocycles. The molecule has 6 nitrogen and oxygen atoms in total. The summed E-state index contributed by atoms with van der Waals surface area (Å²) in [5.41, 5.74) is 0.432. The van der Waals surface area contributed by atoms with Crippen LogP contribution >= 0.6 is 0 Å². The van der Waals surface area contributed by atoms with Crippen molar-refractivity contribution in [1.82, 2.24) is 4.72 Å². The van der Waals surface area contributed by atoms with Crippen LogP contribution in [0.4, 0.5) is 20.2 Å². The lowest BCUT2D eigenvalue weighted by Gasteiger charge is -2.37. The highest BCUT2D eigenvalue weighted by Crippen LogP contribution is 2.30. The van der Waals surface area contributed by atoms with Crippen molar-refractivity contribution in [2.45, 2.75) is 76.9 Å². The Morgan fingerprint density at radius 2 is 1.68 bits per heavy atom. The van der Waals surface area contributed by atoms with Gasteiger partial charge in [0.15, 0.2) is 11.6 Å². The highest BCUT2D eigenvalue weighted by atomic mass is 32.2. The van der Waals surface area contributed by atoms with E-state index in [-0.39, 0.29) is 29.6 Å². The first-order valence-corrected chi connectivity index (χ1v) is 12.7. The third-order valence-corrected chi connectivity index (χ3v) is 8.10. The number of ether oxygens (including phenoxy) is 1. The number of hydrogen-bond donors (Lipinski definition) is 2. The molecule has 1 heterocycles. The van der Waals surface area contributed by atoms with Gasteiger partial charge in [0.1, 0.15) is 0 Å². The van der Waals surface area contributed by atoms with E-state index in [1.54, 1.807) is 26.0 Å². The van der Waals surface area contributed by atoms with E-state index >= 15 is 0 Å². The van der Waals surface area contributed by atoms with Crippen LogP contribution in [0, 0.1) is 17.6 Å². The van der Waals surface area contributed by atoms with Gasteiger partial charge in [-0.25, -0.2) is 21.9 Å². The van der Waals surface area contributed by atoms with Gasteiger partial charge >= 0.3 is 0 Å². The number of hydrogen-bond acceptors (Lipinski definition) is 5. The molecular formula is C22H35F2N3O3S. The monoisotopic (exact) mass is 459 g/mol. The van der Waals surface area contributed by atoms with Gasteiger partial charge in [0.05, 0.1) is 28.8 Å². The van der Waals surface area contributed by atoms with Crippen molar-refractivity contribution < 1.29 is 21.9 Å². The Morgan fingerprint density at radius 3 is 2.26 bits per heavy atom. The Hall–Kier alpha value is -1.45. The predicted octanol–water partition coefficient (Wildman–Crippen LogP) is 3.88. The number of halogens is 2. The fourth-order valence-electron chi connectivity index (χ4n) is 4.40. The normalized spacial score (nSPS) is 27.5. The van der Waals surface area contributed by atoms with Crippen molar-refractivity contribution in [3.63, 3.8) is 0 Å². The van der Waals surface area contributed by atoms with Crippen LogP contribution in [0.25, 0.3) is 0 Å². The first kappa shape index (κ1) is 24.2. The topological polar surface area (TPSA) is 70.7 Å². The Balaban J connectivity index is 1.54. The zero-order valence-electron chi connectivity index (χ0n) is 18.8. The maximum absolute atomic E-state index is 14.8. The Bertz CT molecular complexity index is 848. The molecule has 1 aliphatic carbocycles. The minimum atomic E-state index is -3.27. The van der Waals surface area contributed by atoms with E-state index < -0.39 is 26.9 Å². The summed E-state index contributed by atoms with van der Waals surface area (Å²) in [6.07, 6.45) is 3.10. The van der Waals surface area contributed by atoms with Gasteiger partial charge in [-0.05, 0) is 71.4 Å². The van der Waals surface area contributed by atoms with Crippen LogP contribution in [0.2, 0.25) is 0 Å². The van der Waals surface area contributed by atoms with Crippen molar-refractivity contribution in [2.24, 2.45) is 5.92 Å². The molecule has 0 unspecified atom stereocenters. The van der Waals surface area contributed by atoms with Gasteiger partial charge < -0.3 is 15.0 Å². The van der Waals surface area contributed by atoms with Gasteiger partial charge in [-0.2, -0.15) is 0 Å². The number of anilines is 2. The molecule has 2 fully saturated rings. The Labute approximate surface area is 184 Å². The number of sulfonamides is 1. The van der Waals surface area contributed by atoms with Gasteiger partial charge in [-0.15, -0.1) is 0 Å². The van der Waals surface area contributed by atoms with E-state index in [2.05, 4.69) is 10.0 Å². The summed E-state index contributed by atoms with van der Waals surface area (Å²) in [4.78, 5) is 1.83. The molecule has 31 heavy (non-hydrogen) atoms. The summed E-state index contributed by atoms with van der Waals surface area (Å²) >= 11 is 0. The van der Waals surface area contributed by atoms with E-state index in [9.17, 15) is 17.2 Å². The summed E-state index contributed by atoms with van der Waals surface area (Å²) < 4.78 is 62.0. The first-order valence-electron chi connectivity index (χ1n) is 11.2. The molecule has 2 aliphatic rings. The third-order valence-electron chi connectivity index (χ3n) is 6.20. The molecule has 1 aliphatic heterocycles. The van der Waals surface area contributed by atoms with Gasteiger partial charge in [-0.1, -0.05) is 0 Å². The minimum Gasteiger partial charge on any atom is -0.382 e. The number of morpholine rings is 1. The van der Waals surface area contributed by atoms with Crippen molar-refractivity contribution in [3.05, 3.63) is 23.8 Å². The van der Waals surface area contributed by atoms with Crippen LogP contribution in [0.5, 0.6) is 0 Å². The summed E-state index contributed by atoms with van der Waals surface area (Å²) in [6, 6.07) is 3.18. The van der Waals surface area contributed by atoms with Gasteiger partial charge in [0.2, 0.25) is 10.0 Å². The van der Waals surface area contributed by atoms with Crippen molar-refractivity contribution in [2.75, 3.05) is 29.9 Å². The molecule has 0 bridgehead atoms. The largest absolute Gasteiger partial charge is 0.382 e. The van der Waals surface area contributed by atoms with Crippen molar-refractivity contribution in [3.8, 4) is 0 Å². The first-order chi connectivity index (χ1) is 14.6. The maximum Gasteiger partial charge on any atom is 0.214 e. The number of rotatable bonds is 7. The number of nitrogens with one attached hydrogen (secondary N) is 2. The van der Waals surface area contributed by atoms with Crippen molar-refractivity contribution in [1.29, 1.82) is 0 Å². The van der Waals surface area contributed by atoms with Gasteiger partial charge in [0.25, 0.3) is 0 Å². The molecule has 0 radical (unpaired) electrons. The molecule has 0 aromatic heterocycles. The molecule has 1 aromatic rings. The molecule has 1 saturated heterocycles. The van der Waals surface area contributed by atoms with Crippen molar-refractivity contribution >= 4 is 21.4 Å². The second-order valence-electron chi connectivity index (χ2n) is 9.23. The van der Waals surface area contributed by atoms with Gasteiger partial charge in [-0.3, -0.25) is 0 Å². The van der Waals surface area contributed by atoms with Crippen LogP contribution in [-0.4, -0.2) is 51.6 Å². The lowest BCUT2D eigenvalue weighted by molar-refractivity contribution is -0.00542. The zero-order valence-corrected chi connectivity index (χ0v) is 19.6. The van der Waals surface area contributed by atoms with Crippen LogP contribution in [0.3, 0.4) is 0 Å². The zero-order chi connectivity index (χ0) is 22.8. The molecule has 176 valence electrons. The Morgan fingerprint density at radius 1 is 1.06 bits per heavy atom. The molecule has 1 saturated carbocycles. The third kappa shape index (κ3) is 6.08. The highest BCUT2D eigenvalue weighted by molar-refractivity contribution is 7.90. The van der Waals surface area contributed by atoms with E-state index in [0.29, 0.717) is 25.6 Å². The lowest BCUT2D eigenvalue weighted by atomic mass is 9.86. The smallest absolute Gasteiger partial charge is 0.214 e. The molecule has 2 atom stereocenters. The Kier molecular flexibility index (Phi) is 7.81. The van der Waals surface area contributed by atoms with E-state index in [1.807, 2.05) is 18.7 Å². The summed E-state index contributed by atoms with van der Waals surface area (Å²) in [5.74, 6) is -1.40. The van der Waals surface area contributed by atoms with Crippen LogP contribution in [-0.2, 0) is 14.8 Å². The SMILES string of the molecule is CC(C)S(=O)(=O)N[C@H]1CC[C@H](CNc2ccc(N3C[C@@H](C)O[C@@H](C)C3)c(F)c2F)CC1. The summed E-state index contributed by atoms with van der Waals surface area (Å²) in [6.45, 7) is 8.76. The summed E-state index contributed by atoms with van der Waals surface area (Å²) in [7, 11) is -3.27. The molecule has 0 spiro atoms. The standard InChI is InChI=1S/C22H35F2N3O3S/c1-14(2)31(28,29)26-18-7-5-17(6-8-18)11-25-19-9-10-20(22(24)21(19)23)27-12-15(3)30-16(4)13-27/h9-10,14-18,25-26H,5-8,11-13H2,1-4H3/t15-,16+,17-,18-. The minimum absolute atomic E-state index is 0.0378. The fourth-order valence-corrected chi connectivity index (χ4v) is 5.37. The molecule has 2 N–H and O–H groups in total. The molecule has 0 amide bonds. The predicted molar refractivity (Wildman–Crippen MR) is 120 cm³/mol. The lowest BCUT2D eigenvalue weighted by Crippen LogP contribution is -2.45.